The summed E-state index contributed by atoms with van der Waals surface area (Å²) >= 11 is 0. The van der Waals surface area contributed by atoms with Crippen LogP contribution in [0, 0.1) is 5.82 Å². The van der Waals surface area contributed by atoms with Gasteiger partial charge in [0, 0.05) is 12.5 Å². The largest absolute Gasteiger partial charge is 0.481 e. The van der Waals surface area contributed by atoms with Crippen LogP contribution in [0.1, 0.15) is 11.9 Å². The smallest absolute Gasteiger partial charge is 0.258 e. The van der Waals surface area contributed by atoms with E-state index in [9.17, 15) is 9.18 Å². The number of halogens is 1. The Hall–Kier alpha value is -2.86. The summed E-state index contributed by atoms with van der Waals surface area (Å²) in [6.45, 7) is -0.0622. The molecule has 0 fully saturated rings. The molecular weight excluding hydrogens is 325 g/mol. The molecule has 1 aromatic heterocycles. The lowest BCUT2D eigenvalue weighted by molar-refractivity contribution is -0.123. The summed E-state index contributed by atoms with van der Waals surface area (Å²) in [5.41, 5.74) is 0.758. The molecule has 1 atom stereocenters. The minimum atomic E-state index is -0.507. The number of amides is 1. The van der Waals surface area contributed by atoms with Crippen LogP contribution in [-0.4, -0.2) is 26.2 Å². The molecule has 0 saturated carbocycles. The highest BCUT2D eigenvalue weighted by Crippen LogP contribution is 2.25. The van der Waals surface area contributed by atoms with Gasteiger partial charge in [-0.25, -0.2) is 4.39 Å². The summed E-state index contributed by atoms with van der Waals surface area (Å²) in [5, 5.41) is 3.66. The second kappa shape index (κ2) is 7.81. The van der Waals surface area contributed by atoms with Crippen molar-refractivity contribution in [2.45, 2.75) is 6.10 Å². The average molecular weight is 343 g/mol. The second-order valence-electron chi connectivity index (χ2n) is 5.43. The highest BCUT2D eigenvalue weighted by Gasteiger charge is 2.17. The van der Waals surface area contributed by atoms with Crippen LogP contribution in [0.2, 0.25) is 0 Å². The fourth-order valence-corrected chi connectivity index (χ4v) is 2.42. The van der Waals surface area contributed by atoms with Crippen LogP contribution in [0.5, 0.6) is 5.75 Å². The predicted molar refractivity (Wildman–Crippen MR) is 90.9 cm³/mol. The Morgan fingerprint density at radius 2 is 1.96 bits per heavy atom. The summed E-state index contributed by atoms with van der Waals surface area (Å²) in [4.78, 5) is 11.9. The van der Waals surface area contributed by atoms with Gasteiger partial charge in [0.25, 0.3) is 5.91 Å². The molecule has 0 saturated heterocycles. The zero-order valence-electron chi connectivity index (χ0n) is 13.7. The molecular formula is C19H18FNO4. The minimum absolute atomic E-state index is 0.0400. The molecule has 1 unspecified atom stereocenters. The van der Waals surface area contributed by atoms with Crippen LogP contribution < -0.4 is 10.1 Å². The van der Waals surface area contributed by atoms with Crippen molar-refractivity contribution in [1.82, 2.24) is 5.32 Å². The van der Waals surface area contributed by atoms with Crippen molar-refractivity contribution < 1.29 is 23.1 Å². The number of methoxy groups -OCH3 is 1. The molecule has 1 N–H and O–H groups in total. The van der Waals surface area contributed by atoms with E-state index < -0.39 is 11.9 Å². The van der Waals surface area contributed by atoms with Crippen LogP contribution in [-0.2, 0) is 9.53 Å². The van der Waals surface area contributed by atoms with E-state index in [1.54, 1.807) is 19.2 Å². The molecule has 0 aliphatic rings. The number of hydrogen-bond donors (Lipinski definition) is 1. The maximum absolute atomic E-state index is 13.4. The van der Waals surface area contributed by atoms with Crippen LogP contribution in [0.3, 0.4) is 0 Å². The summed E-state index contributed by atoms with van der Waals surface area (Å²) in [5.74, 6) is -0.217. The van der Waals surface area contributed by atoms with Crippen molar-refractivity contribution >= 4 is 16.9 Å². The summed E-state index contributed by atoms with van der Waals surface area (Å²) in [7, 11) is 1.54. The first-order chi connectivity index (χ1) is 12.2. The van der Waals surface area contributed by atoms with Crippen molar-refractivity contribution in [2.75, 3.05) is 20.3 Å². The van der Waals surface area contributed by atoms with E-state index in [0.717, 1.165) is 11.0 Å². The number of hydrogen-bond acceptors (Lipinski definition) is 4. The highest BCUT2D eigenvalue weighted by molar-refractivity contribution is 5.78. The first-order valence-corrected chi connectivity index (χ1v) is 7.82. The Morgan fingerprint density at radius 1 is 1.20 bits per heavy atom. The van der Waals surface area contributed by atoms with Gasteiger partial charge in [0.1, 0.15) is 17.4 Å². The Balaban J connectivity index is 1.55. The van der Waals surface area contributed by atoms with Gasteiger partial charge in [-0.05, 0) is 24.3 Å². The highest BCUT2D eigenvalue weighted by atomic mass is 19.1. The fraction of sp³-hybridized carbons (Fsp3) is 0.211. The Kier molecular flexibility index (Phi) is 5.30. The van der Waals surface area contributed by atoms with Gasteiger partial charge in [0.15, 0.2) is 18.2 Å². The standard InChI is InChI=1S/C19H18FNO4/c1-23-18(17-10-13-6-2-4-8-15(13)25-17)11-21-19(22)12-24-16-9-5-3-7-14(16)20/h2-10,18H,11-12H2,1H3,(H,21,22). The molecule has 1 heterocycles. The molecule has 5 nitrogen and oxygen atoms in total. The maximum atomic E-state index is 13.4. The number of rotatable bonds is 7. The summed E-state index contributed by atoms with van der Waals surface area (Å²) in [6, 6.07) is 15.4. The molecule has 0 spiro atoms. The van der Waals surface area contributed by atoms with Crippen LogP contribution in [0.25, 0.3) is 11.0 Å². The molecule has 2 aromatic carbocycles. The number of carbonyl (C=O) groups excluding carboxylic acids is 1. The maximum Gasteiger partial charge on any atom is 0.258 e. The van der Waals surface area contributed by atoms with Gasteiger partial charge in [-0.2, -0.15) is 0 Å². The van der Waals surface area contributed by atoms with Crippen molar-refractivity contribution in [2.24, 2.45) is 0 Å². The van der Waals surface area contributed by atoms with E-state index in [0.29, 0.717) is 5.76 Å². The Bertz CT molecular complexity index is 828. The van der Waals surface area contributed by atoms with Gasteiger partial charge in [-0.1, -0.05) is 30.3 Å². The number of fused-ring (bicyclic) bond motifs is 1. The lowest BCUT2D eigenvalue weighted by Gasteiger charge is -2.14. The van der Waals surface area contributed by atoms with Crippen molar-refractivity contribution in [3.05, 3.63) is 66.2 Å². The van der Waals surface area contributed by atoms with Crippen molar-refractivity contribution in [3.8, 4) is 5.75 Å². The molecule has 6 heteroatoms. The number of benzene rings is 2. The predicted octanol–water partition coefficient (Wildman–Crippen LogP) is 3.45. The monoisotopic (exact) mass is 343 g/mol. The zero-order valence-corrected chi connectivity index (χ0v) is 13.7. The molecule has 1 amide bonds. The first kappa shape index (κ1) is 17.0. The van der Waals surface area contributed by atoms with Gasteiger partial charge in [-0.3, -0.25) is 4.79 Å². The molecule has 3 aromatic rings. The third-order valence-corrected chi connectivity index (χ3v) is 3.73. The van der Waals surface area contributed by atoms with E-state index >= 15 is 0 Å². The lowest BCUT2D eigenvalue weighted by atomic mass is 10.2. The third-order valence-electron chi connectivity index (χ3n) is 3.73. The van der Waals surface area contributed by atoms with Crippen LogP contribution in [0.4, 0.5) is 4.39 Å². The summed E-state index contributed by atoms with van der Waals surface area (Å²) in [6.07, 6.45) is -0.426. The first-order valence-electron chi connectivity index (χ1n) is 7.82. The molecule has 25 heavy (non-hydrogen) atoms. The number of ether oxygens (including phenoxy) is 2. The van der Waals surface area contributed by atoms with Crippen LogP contribution >= 0.6 is 0 Å². The van der Waals surface area contributed by atoms with E-state index in [1.165, 1.54) is 12.1 Å². The zero-order chi connectivity index (χ0) is 17.6. The van der Waals surface area contributed by atoms with Gasteiger partial charge in [0.05, 0.1) is 6.54 Å². The van der Waals surface area contributed by atoms with Gasteiger partial charge in [0.2, 0.25) is 0 Å². The van der Waals surface area contributed by atoms with E-state index in [2.05, 4.69) is 5.32 Å². The molecule has 0 aliphatic carbocycles. The van der Waals surface area contributed by atoms with E-state index in [1.807, 2.05) is 30.3 Å². The van der Waals surface area contributed by atoms with Crippen molar-refractivity contribution in [1.29, 1.82) is 0 Å². The SMILES string of the molecule is COC(CNC(=O)COc1ccccc1F)c1cc2ccccc2o1. The molecule has 0 radical (unpaired) electrons. The molecule has 130 valence electrons. The van der Waals surface area contributed by atoms with Crippen LogP contribution in [0.15, 0.2) is 59.0 Å². The Morgan fingerprint density at radius 3 is 2.72 bits per heavy atom. The molecule has 0 aliphatic heterocycles. The number of para-hydroxylation sites is 2. The second-order valence-corrected chi connectivity index (χ2v) is 5.43. The number of furan rings is 1. The minimum Gasteiger partial charge on any atom is -0.481 e. The number of nitrogens with one attached hydrogen (secondary N) is 1. The molecule has 0 bridgehead atoms. The van der Waals surface area contributed by atoms with Gasteiger partial charge >= 0.3 is 0 Å². The third kappa shape index (κ3) is 4.16. The quantitative estimate of drug-likeness (QED) is 0.714. The lowest BCUT2D eigenvalue weighted by Crippen LogP contribution is -2.33. The molecule has 3 rings (SSSR count). The normalized spacial score (nSPS) is 12.1. The van der Waals surface area contributed by atoms with Gasteiger partial charge < -0.3 is 19.2 Å². The van der Waals surface area contributed by atoms with Crippen molar-refractivity contribution in [3.63, 3.8) is 0 Å². The van der Waals surface area contributed by atoms with Gasteiger partial charge in [-0.15, -0.1) is 0 Å². The van der Waals surface area contributed by atoms with E-state index in [4.69, 9.17) is 13.9 Å². The fourth-order valence-electron chi connectivity index (χ4n) is 2.42. The Labute approximate surface area is 144 Å². The topological polar surface area (TPSA) is 60.7 Å². The van der Waals surface area contributed by atoms with E-state index in [-0.39, 0.29) is 24.8 Å². The summed E-state index contributed by atoms with van der Waals surface area (Å²) < 4.78 is 29.7. The average Bonchev–Trinajstić information content (AvgIpc) is 3.05. The number of carbonyl (C=O) groups is 1.